The number of nitrogens with zero attached hydrogens (tertiary/aromatic N) is 3. The minimum atomic E-state index is -0.843. The van der Waals surface area contributed by atoms with Gasteiger partial charge in [0.1, 0.15) is 18.7 Å². The fraction of sp³-hybridized carbons (Fsp3) is 0.308. The summed E-state index contributed by atoms with van der Waals surface area (Å²) in [5, 5.41) is 12.7. The van der Waals surface area contributed by atoms with Crippen LogP contribution >= 0.6 is 0 Å². The number of hydrogen-bond acceptors (Lipinski definition) is 4. The van der Waals surface area contributed by atoms with Crippen molar-refractivity contribution in [2.45, 2.75) is 26.5 Å². The number of carbonyl (C=O) groups is 1. The average Bonchev–Trinajstić information content (AvgIpc) is 2.84. The number of ether oxygens (including phenoxy) is 1. The normalized spacial score (nSPS) is 10.4. The van der Waals surface area contributed by atoms with Gasteiger partial charge >= 0.3 is 5.97 Å². The Hall–Kier alpha value is -2.37. The van der Waals surface area contributed by atoms with Gasteiger partial charge < -0.3 is 9.84 Å². The SMILES string of the molecule is CCn1ncnc1COc1ccc(CC(=O)O)cc1. The summed E-state index contributed by atoms with van der Waals surface area (Å²) in [6.45, 7) is 3.07. The smallest absolute Gasteiger partial charge is 0.307 e. The van der Waals surface area contributed by atoms with Gasteiger partial charge in [-0.25, -0.2) is 9.67 Å². The average molecular weight is 261 g/mol. The molecule has 1 aromatic heterocycles. The molecule has 1 N–H and O–H groups in total. The van der Waals surface area contributed by atoms with E-state index in [9.17, 15) is 4.79 Å². The van der Waals surface area contributed by atoms with Crippen LogP contribution in [0.4, 0.5) is 0 Å². The van der Waals surface area contributed by atoms with E-state index in [1.807, 2.05) is 6.92 Å². The number of aromatic nitrogens is 3. The highest BCUT2D eigenvalue weighted by Gasteiger charge is 2.04. The molecule has 2 aromatic rings. The van der Waals surface area contributed by atoms with Crippen LogP contribution in [0.25, 0.3) is 0 Å². The molecule has 1 heterocycles. The fourth-order valence-electron chi connectivity index (χ4n) is 1.69. The minimum absolute atomic E-state index is 0.0183. The highest BCUT2D eigenvalue weighted by Crippen LogP contribution is 2.14. The molecule has 0 bridgehead atoms. The lowest BCUT2D eigenvalue weighted by Crippen LogP contribution is -2.07. The van der Waals surface area contributed by atoms with Gasteiger partial charge in [0.05, 0.1) is 6.42 Å². The van der Waals surface area contributed by atoms with E-state index in [4.69, 9.17) is 9.84 Å². The summed E-state index contributed by atoms with van der Waals surface area (Å²) in [7, 11) is 0. The first-order valence-corrected chi connectivity index (χ1v) is 5.99. The molecule has 0 aliphatic carbocycles. The second-order valence-electron chi connectivity index (χ2n) is 4.00. The molecule has 0 unspecified atom stereocenters. The van der Waals surface area contributed by atoms with Crippen molar-refractivity contribution >= 4 is 5.97 Å². The number of rotatable bonds is 6. The molecule has 2 rings (SSSR count). The quantitative estimate of drug-likeness (QED) is 0.852. The zero-order valence-electron chi connectivity index (χ0n) is 10.6. The zero-order valence-corrected chi connectivity index (χ0v) is 10.6. The lowest BCUT2D eigenvalue weighted by Gasteiger charge is -2.07. The highest BCUT2D eigenvalue weighted by molar-refractivity contribution is 5.70. The van der Waals surface area contributed by atoms with Gasteiger partial charge in [-0.2, -0.15) is 5.10 Å². The molecule has 0 saturated carbocycles. The van der Waals surface area contributed by atoms with Gasteiger partial charge in [-0.3, -0.25) is 4.79 Å². The van der Waals surface area contributed by atoms with Crippen molar-refractivity contribution in [3.8, 4) is 5.75 Å². The molecule has 0 aliphatic heterocycles. The maximum absolute atomic E-state index is 10.6. The van der Waals surface area contributed by atoms with Gasteiger partial charge in [-0.05, 0) is 24.6 Å². The molecule has 0 atom stereocenters. The van der Waals surface area contributed by atoms with Crippen molar-refractivity contribution in [2.24, 2.45) is 0 Å². The summed E-state index contributed by atoms with van der Waals surface area (Å²) in [6.07, 6.45) is 1.52. The number of hydrogen-bond donors (Lipinski definition) is 1. The topological polar surface area (TPSA) is 77.2 Å². The van der Waals surface area contributed by atoms with Crippen molar-refractivity contribution in [2.75, 3.05) is 0 Å². The first-order valence-electron chi connectivity index (χ1n) is 5.99. The van der Waals surface area contributed by atoms with E-state index >= 15 is 0 Å². The van der Waals surface area contributed by atoms with E-state index in [1.165, 1.54) is 6.33 Å². The maximum Gasteiger partial charge on any atom is 0.307 e. The fourth-order valence-corrected chi connectivity index (χ4v) is 1.69. The largest absolute Gasteiger partial charge is 0.486 e. The second-order valence-corrected chi connectivity index (χ2v) is 4.00. The molecule has 0 fully saturated rings. The molecule has 6 heteroatoms. The molecular formula is C13H15N3O3. The van der Waals surface area contributed by atoms with Crippen LogP contribution in [-0.4, -0.2) is 25.8 Å². The summed E-state index contributed by atoms with van der Waals surface area (Å²) < 4.78 is 7.34. The van der Waals surface area contributed by atoms with Crippen LogP contribution in [0.2, 0.25) is 0 Å². The molecule has 19 heavy (non-hydrogen) atoms. The van der Waals surface area contributed by atoms with Crippen LogP contribution in [0.15, 0.2) is 30.6 Å². The van der Waals surface area contributed by atoms with Gasteiger partial charge in [0.15, 0.2) is 5.82 Å². The van der Waals surface area contributed by atoms with E-state index < -0.39 is 5.97 Å². The number of benzene rings is 1. The number of carboxylic acids is 1. The van der Waals surface area contributed by atoms with Crippen molar-refractivity contribution in [3.05, 3.63) is 42.0 Å². The van der Waals surface area contributed by atoms with Gasteiger partial charge in [-0.1, -0.05) is 12.1 Å². The Bertz CT molecular complexity index is 549. The van der Waals surface area contributed by atoms with Crippen LogP contribution in [0.1, 0.15) is 18.3 Å². The molecule has 0 amide bonds. The number of aliphatic carboxylic acids is 1. The van der Waals surface area contributed by atoms with E-state index in [-0.39, 0.29) is 6.42 Å². The summed E-state index contributed by atoms with van der Waals surface area (Å²) >= 11 is 0. The highest BCUT2D eigenvalue weighted by atomic mass is 16.5. The number of aryl methyl sites for hydroxylation is 1. The van der Waals surface area contributed by atoms with Gasteiger partial charge in [0.2, 0.25) is 0 Å². The van der Waals surface area contributed by atoms with Gasteiger partial charge in [0.25, 0.3) is 0 Å². The Morgan fingerprint density at radius 3 is 2.74 bits per heavy atom. The molecule has 1 aromatic carbocycles. The minimum Gasteiger partial charge on any atom is -0.486 e. The Kier molecular flexibility index (Phi) is 4.12. The number of carboxylic acid groups (broad SMARTS) is 1. The second kappa shape index (κ2) is 5.99. The third-order valence-corrected chi connectivity index (χ3v) is 2.64. The Morgan fingerprint density at radius 1 is 1.37 bits per heavy atom. The first kappa shape index (κ1) is 13.1. The van der Waals surface area contributed by atoms with Crippen molar-refractivity contribution in [1.82, 2.24) is 14.8 Å². The summed E-state index contributed by atoms with van der Waals surface area (Å²) in [5.74, 6) is 0.599. The molecule has 0 spiro atoms. The lowest BCUT2D eigenvalue weighted by molar-refractivity contribution is -0.136. The zero-order chi connectivity index (χ0) is 13.7. The van der Waals surface area contributed by atoms with E-state index in [2.05, 4.69) is 10.1 Å². The van der Waals surface area contributed by atoms with Crippen LogP contribution in [0.5, 0.6) is 5.75 Å². The van der Waals surface area contributed by atoms with Crippen molar-refractivity contribution in [1.29, 1.82) is 0 Å². The van der Waals surface area contributed by atoms with Crippen LogP contribution in [0, 0.1) is 0 Å². The molecule has 0 aliphatic rings. The Balaban J connectivity index is 1.94. The lowest BCUT2D eigenvalue weighted by atomic mass is 10.1. The predicted molar refractivity (Wildman–Crippen MR) is 67.8 cm³/mol. The molecule has 0 radical (unpaired) electrons. The molecular weight excluding hydrogens is 246 g/mol. The maximum atomic E-state index is 10.6. The van der Waals surface area contributed by atoms with Crippen molar-refractivity contribution in [3.63, 3.8) is 0 Å². The van der Waals surface area contributed by atoms with Crippen LogP contribution in [0.3, 0.4) is 0 Å². The van der Waals surface area contributed by atoms with Gasteiger partial charge in [-0.15, -0.1) is 0 Å². The van der Waals surface area contributed by atoms with E-state index in [0.29, 0.717) is 12.4 Å². The molecule has 6 nitrogen and oxygen atoms in total. The first-order chi connectivity index (χ1) is 9.19. The summed E-state index contributed by atoms with van der Waals surface area (Å²) in [4.78, 5) is 14.7. The Labute approximate surface area is 110 Å². The van der Waals surface area contributed by atoms with E-state index in [1.54, 1.807) is 28.9 Å². The summed E-state index contributed by atoms with van der Waals surface area (Å²) in [5.41, 5.74) is 0.747. The van der Waals surface area contributed by atoms with E-state index in [0.717, 1.165) is 17.9 Å². The van der Waals surface area contributed by atoms with Gasteiger partial charge in [0, 0.05) is 6.54 Å². The molecule has 100 valence electrons. The van der Waals surface area contributed by atoms with Crippen LogP contribution < -0.4 is 4.74 Å². The third kappa shape index (κ3) is 3.54. The summed E-state index contributed by atoms with van der Waals surface area (Å²) in [6, 6.07) is 7.00. The predicted octanol–water partition coefficient (Wildman–Crippen LogP) is 1.50. The van der Waals surface area contributed by atoms with Crippen LogP contribution in [-0.2, 0) is 24.4 Å². The van der Waals surface area contributed by atoms with Crippen molar-refractivity contribution < 1.29 is 14.6 Å². The Morgan fingerprint density at radius 2 is 2.11 bits per heavy atom. The molecule has 0 saturated heterocycles. The third-order valence-electron chi connectivity index (χ3n) is 2.64. The monoisotopic (exact) mass is 261 g/mol. The standard InChI is InChI=1S/C13H15N3O3/c1-2-16-12(14-9-15-16)8-19-11-5-3-10(4-6-11)7-13(17)18/h3-6,9H,2,7-8H2,1H3,(H,17,18).